The van der Waals surface area contributed by atoms with Gasteiger partial charge < -0.3 is 0 Å². The van der Waals surface area contributed by atoms with Crippen molar-refractivity contribution in [1.82, 2.24) is 0 Å². The van der Waals surface area contributed by atoms with Crippen LogP contribution in [-0.2, 0) is 0 Å². The second kappa shape index (κ2) is 7.17. The fourth-order valence-corrected chi connectivity index (χ4v) is 1.32. The Kier molecular flexibility index (Phi) is 7.03. The molecule has 13 heavy (non-hydrogen) atoms. The van der Waals surface area contributed by atoms with Gasteiger partial charge in [0.2, 0.25) is 0 Å². The SMILES string of the molecule is CC(C)/C=C/CC(C)CCC(C)C. The Balaban J connectivity index is 3.45. The van der Waals surface area contributed by atoms with E-state index in [-0.39, 0.29) is 0 Å². The Morgan fingerprint density at radius 2 is 1.54 bits per heavy atom. The lowest BCUT2D eigenvalue weighted by Crippen LogP contribution is -1.96. The number of hydrogen-bond acceptors (Lipinski definition) is 0. The number of allylic oxidation sites excluding steroid dienone is 2. The summed E-state index contributed by atoms with van der Waals surface area (Å²) in [5.41, 5.74) is 0. The Morgan fingerprint density at radius 3 is 2.00 bits per heavy atom. The summed E-state index contributed by atoms with van der Waals surface area (Å²) in [4.78, 5) is 0. The molecular weight excluding hydrogens is 156 g/mol. The van der Waals surface area contributed by atoms with Crippen molar-refractivity contribution in [1.29, 1.82) is 0 Å². The quantitative estimate of drug-likeness (QED) is 0.524. The first-order valence-electron chi connectivity index (χ1n) is 5.69. The summed E-state index contributed by atoms with van der Waals surface area (Å²) in [6.07, 6.45) is 8.66. The number of hydrogen-bond donors (Lipinski definition) is 0. The maximum atomic E-state index is 2.35. The Hall–Kier alpha value is -0.260. The molecule has 0 aromatic carbocycles. The molecule has 0 rings (SSSR count). The molecule has 0 N–H and O–H groups in total. The standard InChI is InChI=1S/C13H26/c1-11(2)7-6-8-13(5)10-9-12(3)4/h6-7,11-13H,8-10H2,1-5H3/b7-6+. The van der Waals surface area contributed by atoms with Crippen LogP contribution in [0.3, 0.4) is 0 Å². The Bertz CT molecular complexity index is 131. The molecular formula is C13H26. The minimum Gasteiger partial charge on any atom is -0.0880 e. The molecule has 0 bridgehead atoms. The Labute approximate surface area is 84.4 Å². The molecule has 0 aliphatic carbocycles. The van der Waals surface area contributed by atoms with Crippen LogP contribution >= 0.6 is 0 Å². The molecule has 0 saturated carbocycles. The minimum atomic E-state index is 0.706. The zero-order valence-electron chi connectivity index (χ0n) is 10.0. The van der Waals surface area contributed by atoms with E-state index in [4.69, 9.17) is 0 Å². The zero-order valence-corrected chi connectivity index (χ0v) is 10.0. The molecule has 0 aliphatic rings. The van der Waals surface area contributed by atoms with Gasteiger partial charge >= 0.3 is 0 Å². The summed E-state index contributed by atoms with van der Waals surface area (Å²) in [5.74, 6) is 2.42. The maximum Gasteiger partial charge on any atom is -0.0290 e. The molecule has 0 heterocycles. The molecule has 0 saturated heterocycles. The highest BCUT2D eigenvalue weighted by Crippen LogP contribution is 2.15. The van der Waals surface area contributed by atoms with E-state index < -0.39 is 0 Å². The zero-order chi connectivity index (χ0) is 10.3. The lowest BCUT2D eigenvalue weighted by molar-refractivity contribution is 0.453. The van der Waals surface area contributed by atoms with Crippen LogP contribution in [0.1, 0.15) is 53.9 Å². The van der Waals surface area contributed by atoms with E-state index >= 15 is 0 Å². The highest BCUT2D eigenvalue weighted by Gasteiger charge is 2.01. The van der Waals surface area contributed by atoms with Gasteiger partial charge in [0.1, 0.15) is 0 Å². The van der Waals surface area contributed by atoms with Crippen LogP contribution in [0.25, 0.3) is 0 Å². The predicted octanol–water partition coefficient (Wildman–Crippen LogP) is 4.66. The largest absolute Gasteiger partial charge is 0.0880 e. The smallest absolute Gasteiger partial charge is 0.0290 e. The van der Waals surface area contributed by atoms with E-state index in [1.807, 2.05) is 0 Å². The fraction of sp³-hybridized carbons (Fsp3) is 0.846. The summed E-state index contributed by atoms with van der Waals surface area (Å²) in [6.45, 7) is 11.4. The average Bonchev–Trinajstić information content (AvgIpc) is 2.00. The van der Waals surface area contributed by atoms with Crippen LogP contribution < -0.4 is 0 Å². The summed E-state index contributed by atoms with van der Waals surface area (Å²) in [5, 5.41) is 0. The van der Waals surface area contributed by atoms with E-state index in [1.54, 1.807) is 0 Å². The maximum absolute atomic E-state index is 2.35. The first-order valence-corrected chi connectivity index (χ1v) is 5.69. The molecule has 0 aromatic heterocycles. The molecule has 0 nitrogen and oxygen atoms in total. The molecule has 0 spiro atoms. The molecule has 0 fully saturated rings. The van der Waals surface area contributed by atoms with Crippen LogP contribution in [0.2, 0.25) is 0 Å². The van der Waals surface area contributed by atoms with Gasteiger partial charge in [-0.25, -0.2) is 0 Å². The third kappa shape index (κ3) is 9.66. The van der Waals surface area contributed by atoms with Crippen LogP contribution in [0.5, 0.6) is 0 Å². The van der Waals surface area contributed by atoms with Gasteiger partial charge in [-0.05, 0) is 24.2 Å². The van der Waals surface area contributed by atoms with Crippen LogP contribution in [0, 0.1) is 17.8 Å². The second-order valence-electron chi connectivity index (χ2n) is 4.98. The highest BCUT2D eigenvalue weighted by molar-refractivity contribution is 4.85. The summed E-state index contributed by atoms with van der Waals surface area (Å²) < 4.78 is 0. The van der Waals surface area contributed by atoms with Gasteiger partial charge in [0.15, 0.2) is 0 Å². The minimum absolute atomic E-state index is 0.706. The van der Waals surface area contributed by atoms with Crippen LogP contribution in [0.15, 0.2) is 12.2 Å². The summed E-state index contributed by atoms with van der Waals surface area (Å²) in [7, 11) is 0. The van der Waals surface area contributed by atoms with E-state index in [9.17, 15) is 0 Å². The fourth-order valence-electron chi connectivity index (χ4n) is 1.32. The molecule has 78 valence electrons. The van der Waals surface area contributed by atoms with E-state index in [0.717, 1.165) is 11.8 Å². The first-order chi connectivity index (χ1) is 6.02. The lowest BCUT2D eigenvalue weighted by atomic mass is 9.96. The van der Waals surface area contributed by atoms with Gasteiger partial charge in [-0.2, -0.15) is 0 Å². The molecule has 0 amide bonds. The summed E-state index contributed by atoms with van der Waals surface area (Å²) in [6, 6.07) is 0. The van der Waals surface area contributed by atoms with Crippen molar-refractivity contribution in [2.75, 3.05) is 0 Å². The highest BCUT2D eigenvalue weighted by atomic mass is 14.1. The van der Waals surface area contributed by atoms with Crippen molar-refractivity contribution in [3.8, 4) is 0 Å². The van der Waals surface area contributed by atoms with Crippen LogP contribution in [0.4, 0.5) is 0 Å². The van der Waals surface area contributed by atoms with E-state index in [2.05, 4.69) is 46.8 Å². The predicted molar refractivity (Wildman–Crippen MR) is 61.8 cm³/mol. The molecule has 1 unspecified atom stereocenters. The van der Waals surface area contributed by atoms with Gasteiger partial charge in [0, 0.05) is 0 Å². The normalized spacial score (nSPS) is 14.7. The summed E-state index contributed by atoms with van der Waals surface area (Å²) >= 11 is 0. The van der Waals surface area contributed by atoms with Gasteiger partial charge in [-0.15, -0.1) is 0 Å². The van der Waals surface area contributed by atoms with Gasteiger partial charge in [0.05, 0.1) is 0 Å². The second-order valence-corrected chi connectivity index (χ2v) is 4.98. The van der Waals surface area contributed by atoms with Gasteiger partial charge in [-0.3, -0.25) is 0 Å². The monoisotopic (exact) mass is 182 g/mol. The van der Waals surface area contributed by atoms with Crippen molar-refractivity contribution >= 4 is 0 Å². The van der Waals surface area contributed by atoms with Crippen LogP contribution in [-0.4, -0.2) is 0 Å². The number of rotatable bonds is 6. The first kappa shape index (κ1) is 12.7. The topological polar surface area (TPSA) is 0 Å². The average molecular weight is 182 g/mol. The van der Waals surface area contributed by atoms with Gasteiger partial charge in [-0.1, -0.05) is 59.6 Å². The van der Waals surface area contributed by atoms with Crippen molar-refractivity contribution < 1.29 is 0 Å². The van der Waals surface area contributed by atoms with Crippen molar-refractivity contribution in [3.63, 3.8) is 0 Å². The third-order valence-electron chi connectivity index (χ3n) is 2.30. The molecule has 1 atom stereocenters. The van der Waals surface area contributed by atoms with E-state index in [0.29, 0.717) is 5.92 Å². The lowest BCUT2D eigenvalue weighted by Gasteiger charge is -2.10. The van der Waals surface area contributed by atoms with Gasteiger partial charge in [0.25, 0.3) is 0 Å². The van der Waals surface area contributed by atoms with Crippen molar-refractivity contribution in [2.45, 2.75) is 53.9 Å². The van der Waals surface area contributed by atoms with Crippen molar-refractivity contribution in [2.24, 2.45) is 17.8 Å². The van der Waals surface area contributed by atoms with Crippen molar-refractivity contribution in [3.05, 3.63) is 12.2 Å². The molecule has 0 radical (unpaired) electrons. The molecule has 0 aliphatic heterocycles. The molecule has 0 heteroatoms. The molecule has 0 aromatic rings. The van der Waals surface area contributed by atoms with E-state index in [1.165, 1.54) is 19.3 Å². The Morgan fingerprint density at radius 1 is 0.923 bits per heavy atom. The third-order valence-corrected chi connectivity index (χ3v) is 2.30.